The van der Waals surface area contributed by atoms with Gasteiger partial charge in [-0.15, -0.1) is 4.62 Å². The van der Waals surface area contributed by atoms with Crippen molar-refractivity contribution in [3.05, 3.63) is 0 Å². The van der Waals surface area contributed by atoms with Gasteiger partial charge in [-0.05, 0) is 34.1 Å². The monoisotopic (exact) mass is 264 g/mol. The van der Waals surface area contributed by atoms with E-state index in [1.54, 1.807) is 14.2 Å². The molecule has 0 aromatic carbocycles. The normalized spacial score (nSPS) is 26.1. The molecule has 17 heavy (non-hydrogen) atoms. The minimum atomic E-state index is -1.27. The first-order chi connectivity index (χ1) is 7.70. The number of piperidine rings is 1. The van der Waals surface area contributed by atoms with Crippen LogP contribution in [0.1, 0.15) is 47.0 Å². The largest absolute Gasteiger partial charge is 0.391 e. The third-order valence-corrected chi connectivity index (χ3v) is 5.47. The Morgan fingerprint density at radius 1 is 0.941 bits per heavy atom. The van der Waals surface area contributed by atoms with Crippen LogP contribution >= 0.6 is 8.60 Å². The predicted molar refractivity (Wildman–Crippen MR) is 70.2 cm³/mol. The molecule has 1 heterocycles. The lowest BCUT2D eigenvalue weighted by Gasteiger charge is -2.56. The van der Waals surface area contributed by atoms with Crippen molar-refractivity contribution >= 4 is 8.60 Å². The fraction of sp³-hybridized carbons (Fsp3) is 1.00. The molecule has 1 saturated heterocycles. The summed E-state index contributed by atoms with van der Waals surface area (Å²) in [7, 11) is 4.13. The summed E-state index contributed by atoms with van der Waals surface area (Å²) in [5, 5.41) is 0. The topological polar surface area (TPSA) is 27.7 Å². The van der Waals surface area contributed by atoms with Crippen LogP contribution in [0.3, 0.4) is 0 Å². The van der Waals surface area contributed by atoms with Crippen LogP contribution in [-0.4, -0.2) is 37.0 Å². The van der Waals surface area contributed by atoms with Gasteiger partial charge in [-0.3, -0.25) is 0 Å². The van der Waals surface area contributed by atoms with E-state index in [1.165, 1.54) is 6.42 Å². The summed E-state index contributed by atoms with van der Waals surface area (Å²) >= 11 is 0. The first-order valence-electron chi connectivity index (χ1n) is 6.15. The van der Waals surface area contributed by atoms with Crippen LogP contribution in [0.15, 0.2) is 0 Å². The molecule has 5 heteroatoms. The molecule has 1 rings (SSSR count). The second-order valence-corrected chi connectivity index (χ2v) is 7.41. The van der Waals surface area contributed by atoms with Crippen LogP contribution in [0, 0.1) is 0 Å². The lowest BCUT2D eigenvalue weighted by Crippen LogP contribution is -2.70. The molecule has 0 saturated carbocycles. The molecule has 0 aromatic heterocycles. The molecule has 0 spiro atoms. The molecular weight excluding hydrogens is 237 g/mol. The Kier molecular flexibility index (Phi) is 4.60. The van der Waals surface area contributed by atoms with Gasteiger partial charge >= 0.3 is 8.60 Å². The van der Waals surface area contributed by atoms with Gasteiger partial charge in [0, 0.05) is 27.1 Å². The van der Waals surface area contributed by atoms with E-state index in [9.17, 15) is 0 Å². The zero-order valence-electron chi connectivity index (χ0n) is 12.2. The number of likely N-dealkylation sites (tertiary alicyclic amines) is 1. The maximum absolute atomic E-state index is 6.17. The van der Waals surface area contributed by atoms with Gasteiger partial charge in [0.25, 0.3) is 0 Å². The average molecular weight is 264 g/mol. The summed E-state index contributed by atoms with van der Waals surface area (Å²) in [6.45, 7) is 9.03. The maximum Gasteiger partial charge on any atom is 0.391 e. The van der Waals surface area contributed by atoms with E-state index < -0.39 is 8.60 Å². The molecular formula is C12H27NO3P+. The Morgan fingerprint density at radius 2 is 1.35 bits per heavy atom. The number of quaternary nitrogens is 1. The number of rotatable bonds is 4. The minimum absolute atomic E-state index is 0.0688. The SMILES string of the molecule is COP(OC)O[N+]1(C)C(C)(C)CCCC1(C)C. The van der Waals surface area contributed by atoms with Crippen LogP contribution in [0.25, 0.3) is 0 Å². The molecule has 0 radical (unpaired) electrons. The number of hydrogen-bond donors (Lipinski definition) is 0. The number of nitrogens with zero attached hydrogens (tertiary/aromatic N) is 1. The predicted octanol–water partition coefficient (Wildman–Crippen LogP) is 3.63. The van der Waals surface area contributed by atoms with Crippen molar-refractivity contribution in [3.63, 3.8) is 0 Å². The van der Waals surface area contributed by atoms with Crippen LogP contribution < -0.4 is 0 Å². The molecule has 0 bridgehead atoms. The fourth-order valence-corrected chi connectivity index (χ4v) is 3.69. The molecule has 0 aromatic rings. The highest BCUT2D eigenvalue weighted by atomic mass is 31.2. The molecule has 0 atom stereocenters. The molecule has 1 fully saturated rings. The third kappa shape index (κ3) is 2.66. The Morgan fingerprint density at radius 3 is 1.71 bits per heavy atom. The number of hydroxylamine groups is 3. The quantitative estimate of drug-likeness (QED) is 0.573. The van der Waals surface area contributed by atoms with Crippen molar-refractivity contribution in [1.82, 2.24) is 0 Å². The smallest absolute Gasteiger partial charge is 0.312 e. The summed E-state index contributed by atoms with van der Waals surface area (Å²) in [5.74, 6) is 0. The van der Waals surface area contributed by atoms with Gasteiger partial charge in [-0.2, -0.15) is 4.65 Å². The standard InChI is InChI=1S/C12H27NO3P/c1-11(2)9-8-10-12(3,4)13(11,5)16-17(14-6)15-7/h8-10H2,1-7H3/q+1. The molecule has 0 aliphatic carbocycles. The summed E-state index contributed by atoms with van der Waals surface area (Å²) in [6.07, 6.45) is 3.56. The van der Waals surface area contributed by atoms with E-state index in [-0.39, 0.29) is 11.1 Å². The lowest BCUT2D eigenvalue weighted by atomic mass is 9.79. The van der Waals surface area contributed by atoms with E-state index >= 15 is 0 Å². The van der Waals surface area contributed by atoms with Gasteiger partial charge in [0.1, 0.15) is 18.1 Å². The zero-order chi connectivity index (χ0) is 13.3. The lowest BCUT2D eigenvalue weighted by molar-refractivity contribution is -1.14. The van der Waals surface area contributed by atoms with Gasteiger partial charge in [0.15, 0.2) is 0 Å². The van der Waals surface area contributed by atoms with Crippen LogP contribution in [0.2, 0.25) is 0 Å². The highest BCUT2D eigenvalue weighted by Crippen LogP contribution is 2.52. The second-order valence-electron chi connectivity index (χ2n) is 6.07. The third-order valence-electron chi connectivity index (χ3n) is 4.42. The Labute approximate surface area is 107 Å². The molecule has 102 valence electrons. The summed E-state index contributed by atoms with van der Waals surface area (Å²) < 4.78 is 17.2. The summed E-state index contributed by atoms with van der Waals surface area (Å²) in [5.41, 5.74) is 0.138. The second kappa shape index (κ2) is 5.10. The van der Waals surface area contributed by atoms with Crippen molar-refractivity contribution in [1.29, 1.82) is 0 Å². The zero-order valence-corrected chi connectivity index (χ0v) is 13.1. The van der Waals surface area contributed by atoms with E-state index in [0.717, 1.165) is 12.8 Å². The summed E-state index contributed by atoms with van der Waals surface area (Å²) in [4.78, 5) is 0. The van der Waals surface area contributed by atoms with Crippen LogP contribution in [0.4, 0.5) is 0 Å². The molecule has 0 amide bonds. The molecule has 1 aliphatic heterocycles. The highest BCUT2D eigenvalue weighted by molar-refractivity contribution is 7.41. The van der Waals surface area contributed by atoms with Gasteiger partial charge in [0.2, 0.25) is 0 Å². The average Bonchev–Trinajstić information content (AvgIpc) is 2.22. The first-order valence-corrected chi connectivity index (χ1v) is 7.24. The van der Waals surface area contributed by atoms with Crippen LogP contribution in [-0.2, 0) is 13.7 Å². The Balaban J connectivity index is 3.00. The van der Waals surface area contributed by atoms with Gasteiger partial charge < -0.3 is 9.05 Å². The molecule has 4 nitrogen and oxygen atoms in total. The maximum atomic E-state index is 6.17. The van der Waals surface area contributed by atoms with E-state index in [4.69, 9.17) is 13.7 Å². The van der Waals surface area contributed by atoms with Crippen molar-refractivity contribution in [2.24, 2.45) is 0 Å². The number of hydrogen-bond acceptors (Lipinski definition) is 3. The van der Waals surface area contributed by atoms with E-state index in [2.05, 4.69) is 34.7 Å². The van der Waals surface area contributed by atoms with Crippen LogP contribution in [0.5, 0.6) is 0 Å². The molecule has 1 aliphatic rings. The van der Waals surface area contributed by atoms with Crippen molar-refractivity contribution in [2.75, 3.05) is 21.3 Å². The fourth-order valence-electron chi connectivity index (χ4n) is 2.70. The minimum Gasteiger partial charge on any atom is -0.312 e. The summed E-state index contributed by atoms with van der Waals surface area (Å²) in [6, 6.07) is 0. The molecule has 0 unspecified atom stereocenters. The van der Waals surface area contributed by atoms with Crippen molar-refractivity contribution < 1.29 is 18.3 Å². The van der Waals surface area contributed by atoms with E-state index in [0.29, 0.717) is 4.65 Å². The van der Waals surface area contributed by atoms with E-state index in [1.807, 2.05) is 0 Å². The Bertz CT molecular complexity index is 248. The molecule has 0 N–H and O–H groups in total. The highest BCUT2D eigenvalue weighted by Gasteiger charge is 2.57. The first kappa shape index (κ1) is 15.3. The van der Waals surface area contributed by atoms with Gasteiger partial charge in [0.05, 0.1) is 0 Å². The van der Waals surface area contributed by atoms with Crippen molar-refractivity contribution in [2.45, 2.75) is 58.0 Å². The Hall–Kier alpha value is 0.270. The van der Waals surface area contributed by atoms with Crippen molar-refractivity contribution in [3.8, 4) is 0 Å². The van der Waals surface area contributed by atoms with Gasteiger partial charge in [-0.1, -0.05) is 0 Å². The van der Waals surface area contributed by atoms with Gasteiger partial charge in [-0.25, -0.2) is 0 Å².